The number of para-hydroxylation sites is 1. The number of amides is 1. The van der Waals surface area contributed by atoms with Crippen LogP contribution in [-0.4, -0.2) is 64.7 Å². The largest absolute Gasteiger partial charge is 0.457 e. The van der Waals surface area contributed by atoms with E-state index in [1.807, 2.05) is 54.6 Å². The summed E-state index contributed by atoms with van der Waals surface area (Å²) in [6.45, 7) is 1.41. The third kappa shape index (κ3) is 5.90. The molecule has 1 amide bonds. The van der Waals surface area contributed by atoms with Crippen LogP contribution < -0.4 is 4.74 Å². The molecule has 9 nitrogen and oxygen atoms in total. The lowest BCUT2D eigenvalue weighted by Crippen LogP contribution is -2.50. The minimum atomic E-state index is -3.61. The number of ether oxygens (including phenoxy) is 1. The van der Waals surface area contributed by atoms with Crippen molar-refractivity contribution in [3.63, 3.8) is 0 Å². The summed E-state index contributed by atoms with van der Waals surface area (Å²) in [5.74, 6) is 1.18. The van der Waals surface area contributed by atoms with Gasteiger partial charge in [-0.15, -0.1) is 5.10 Å². The number of carbonyl (C=O) groups excluding carboxylic acids is 1. The van der Waals surface area contributed by atoms with E-state index in [-0.39, 0.29) is 42.7 Å². The summed E-state index contributed by atoms with van der Waals surface area (Å²) in [6, 6.07) is 23.7. The van der Waals surface area contributed by atoms with Gasteiger partial charge in [-0.05, 0) is 54.1 Å². The molecule has 2 heterocycles. The van der Waals surface area contributed by atoms with Gasteiger partial charge in [-0.25, -0.2) is 13.1 Å². The van der Waals surface area contributed by atoms with Crippen molar-refractivity contribution in [3.8, 4) is 11.5 Å². The first kappa shape index (κ1) is 25.1. The van der Waals surface area contributed by atoms with E-state index in [0.29, 0.717) is 12.3 Å². The minimum Gasteiger partial charge on any atom is -0.457 e. The summed E-state index contributed by atoms with van der Waals surface area (Å²) in [5, 5.41) is 8.17. The molecule has 0 N–H and O–H groups in total. The van der Waals surface area contributed by atoms with Crippen LogP contribution in [0.15, 0.2) is 94.4 Å². The Hall–Kier alpha value is -3.54. The molecule has 0 radical (unpaired) electrons. The van der Waals surface area contributed by atoms with E-state index in [1.54, 1.807) is 40.0 Å². The topological polar surface area (TPSA) is 97.6 Å². The van der Waals surface area contributed by atoms with Crippen LogP contribution in [0, 0.1) is 0 Å². The van der Waals surface area contributed by atoms with Gasteiger partial charge >= 0.3 is 0 Å². The predicted molar refractivity (Wildman–Crippen MR) is 141 cm³/mol. The van der Waals surface area contributed by atoms with Gasteiger partial charge in [0.05, 0.1) is 17.6 Å². The lowest BCUT2D eigenvalue weighted by molar-refractivity contribution is 0.0692. The van der Waals surface area contributed by atoms with Gasteiger partial charge in [-0.2, -0.15) is 4.31 Å². The van der Waals surface area contributed by atoms with Gasteiger partial charge in [0.1, 0.15) is 11.5 Å². The average Bonchev–Trinajstić information content (AvgIpc) is 3.38. The number of hydrogen-bond donors (Lipinski definition) is 0. The van der Waals surface area contributed by atoms with Crippen LogP contribution >= 0.6 is 15.9 Å². The fourth-order valence-electron chi connectivity index (χ4n) is 4.04. The fourth-order valence-corrected chi connectivity index (χ4v) is 5.73. The maximum absolute atomic E-state index is 13.0. The molecule has 11 heteroatoms. The molecule has 1 aliphatic heterocycles. The van der Waals surface area contributed by atoms with Gasteiger partial charge < -0.3 is 9.64 Å². The van der Waals surface area contributed by atoms with Crippen molar-refractivity contribution >= 4 is 31.9 Å². The molecule has 190 valence electrons. The molecule has 5 rings (SSSR count). The second kappa shape index (κ2) is 10.8. The highest BCUT2D eigenvalue weighted by molar-refractivity contribution is 9.10. The number of halogens is 1. The Morgan fingerprint density at radius 2 is 1.59 bits per heavy atom. The standard InChI is InChI=1S/C26H24BrN5O4S/c27-21-9-11-24(12-10-21)37(34,35)32-15-13-30(14-16-32)26(33)25-19-31(29-28-25)18-20-5-4-8-23(17-20)36-22-6-2-1-3-7-22/h1-12,17,19H,13-16,18H2. The molecule has 1 aliphatic rings. The molecule has 1 aromatic heterocycles. The van der Waals surface area contributed by atoms with E-state index in [1.165, 1.54) is 4.31 Å². The first-order chi connectivity index (χ1) is 17.9. The number of sulfonamides is 1. The molecule has 0 unspecified atom stereocenters. The molecule has 1 saturated heterocycles. The molecule has 0 bridgehead atoms. The number of aromatic nitrogens is 3. The maximum atomic E-state index is 13.0. The summed E-state index contributed by atoms with van der Waals surface area (Å²) in [7, 11) is -3.61. The Morgan fingerprint density at radius 3 is 2.32 bits per heavy atom. The maximum Gasteiger partial charge on any atom is 0.276 e. The van der Waals surface area contributed by atoms with Crippen molar-refractivity contribution in [2.75, 3.05) is 26.2 Å². The Labute approximate surface area is 223 Å². The van der Waals surface area contributed by atoms with E-state index >= 15 is 0 Å². The molecule has 0 spiro atoms. The quantitative estimate of drug-likeness (QED) is 0.327. The highest BCUT2D eigenvalue weighted by Crippen LogP contribution is 2.23. The van der Waals surface area contributed by atoms with E-state index in [9.17, 15) is 13.2 Å². The SMILES string of the molecule is O=C(c1cn(Cc2cccc(Oc3ccccc3)c2)nn1)N1CCN(S(=O)(=O)c2ccc(Br)cc2)CC1. The van der Waals surface area contributed by atoms with Crippen molar-refractivity contribution in [2.24, 2.45) is 0 Å². The zero-order valence-corrected chi connectivity index (χ0v) is 22.2. The Morgan fingerprint density at radius 1 is 0.892 bits per heavy atom. The minimum absolute atomic E-state index is 0.215. The van der Waals surface area contributed by atoms with Crippen LogP contribution in [0.2, 0.25) is 0 Å². The van der Waals surface area contributed by atoms with E-state index in [2.05, 4.69) is 26.2 Å². The molecular formula is C26H24BrN5O4S. The Balaban J connectivity index is 1.19. The van der Waals surface area contributed by atoms with Crippen molar-refractivity contribution in [2.45, 2.75) is 11.4 Å². The number of carbonyl (C=O) groups is 1. The van der Waals surface area contributed by atoms with Gasteiger partial charge in [0.15, 0.2) is 5.69 Å². The third-order valence-electron chi connectivity index (χ3n) is 5.96. The lowest BCUT2D eigenvalue weighted by atomic mass is 10.2. The van der Waals surface area contributed by atoms with E-state index in [0.717, 1.165) is 15.8 Å². The Bertz CT molecular complexity index is 1480. The molecular weight excluding hydrogens is 558 g/mol. The second-order valence-corrected chi connectivity index (χ2v) is 11.4. The molecule has 37 heavy (non-hydrogen) atoms. The lowest BCUT2D eigenvalue weighted by Gasteiger charge is -2.33. The first-order valence-corrected chi connectivity index (χ1v) is 13.9. The van der Waals surface area contributed by atoms with Crippen molar-refractivity contribution in [3.05, 3.63) is 101 Å². The van der Waals surface area contributed by atoms with Crippen LogP contribution in [-0.2, 0) is 16.6 Å². The molecule has 4 aromatic rings. The summed E-state index contributed by atoms with van der Waals surface area (Å²) >= 11 is 3.32. The van der Waals surface area contributed by atoms with Crippen LogP contribution in [0.4, 0.5) is 0 Å². The normalized spacial score (nSPS) is 14.5. The molecule has 0 aliphatic carbocycles. The van der Waals surface area contributed by atoms with Crippen LogP contribution in [0.5, 0.6) is 11.5 Å². The van der Waals surface area contributed by atoms with Gasteiger partial charge in [-0.1, -0.05) is 51.5 Å². The second-order valence-electron chi connectivity index (χ2n) is 8.51. The van der Waals surface area contributed by atoms with Crippen LogP contribution in [0.25, 0.3) is 0 Å². The number of hydrogen-bond acceptors (Lipinski definition) is 6. The highest BCUT2D eigenvalue weighted by Gasteiger charge is 2.31. The van der Waals surface area contributed by atoms with Crippen molar-refractivity contribution in [1.82, 2.24) is 24.2 Å². The van der Waals surface area contributed by atoms with Gasteiger partial charge in [-0.3, -0.25) is 4.79 Å². The first-order valence-electron chi connectivity index (χ1n) is 11.7. The molecule has 1 fully saturated rings. The van der Waals surface area contributed by atoms with Crippen LogP contribution in [0.3, 0.4) is 0 Å². The number of piperazine rings is 1. The van der Waals surface area contributed by atoms with Gasteiger partial charge in [0, 0.05) is 30.7 Å². The van der Waals surface area contributed by atoms with Crippen molar-refractivity contribution in [1.29, 1.82) is 0 Å². The summed E-state index contributed by atoms with van der Waals surface area (Å²) in [5.41, 5.74) is 1.17. The average molecular weight is 582 g/mol. The number of benzene rings is 3. The summed E-state index contributed by atoms with van der Waals surface area (Å²) < 4.78 is 35.5. The zero-order chi connectivity index (χ0) is 25.8. The number of rotatable bonds is 7. The summed E-state index contributed by atoms with van der Waals surface area (Å²) in [6.07, 6.45) is 1.61. The molecule has 0 atom stereocenters. The molecule has 0 saturated carbocycles. The van der Waals surface area contributed by atoms with E-state index in [4.69, 9.17) is 4.74 Å². The van der Waals surface area contributed by atoms with E-state index < -0.39 is 10.0 Å². The zero-order valence-electron chi connectivity index (χ0n) is 19.8. The number of nitrogens with zero attached hydrogens (tertiary/aromatic N) is 5. The van der Waals surface area contributed by atoms with Crippen molar-refractivity contribution < 1.29 is 17.9 Å². The van der Waals surface area contributed by atoms with Crippen LogP contribution in [0.1, 0.15) is 16.1 Å². The fraction of sp³-hybridized carbons (Fsp3) is 0.192. The van der Waals surface area contributed by atoms with Gasteiger partial charge in [0.25, 0.3) is 5.91 Å². The Kier molecular flexibility index (Phi) is 7.36. The highest BCUT2D eigenvalue weighted by atomic mass is 79.9. The van der Waals surface area contributed by atoms with Gasteiger partial charge in [0.2, 0.25) is 10.0 Å². The predicted octanol–water partition coefficient (Wildman–Crippen LogP) is 4.03. The summed E-state index contributed by atoms with van der Waals surface area (Å²) in [4.78, 5) is 14.8. The third-order valence-corrected chi connectivity index (χ3v) is 8.40. The molecule has 3 aromatic carbocycles. The smallest absolute Gasteiger partial charge is 0.276 e. The monoisotopic (exact) mass is 581 g/mol.